The minimum absolute atomic E-state index is 0.174. The molecule has 414 valence electrons. The van der Waals surface area contributed by atoms with Gasteiger partial charge in [-0.1, -0.05) is 206 Å². The Balaban J connectivity index is 4.37. The summed E-state index contributed by atoms with van der Waals surface area (Å²) in [5.41, 5.74) is 0. The molecule has 0 radical (unpaired) electrons. The van der Waals surface area contributed by atoms with Crippen molar-refractivity contribution in [3.63, 3.8) is 0 Å². The van der Waals surface area contributed by atoms with E-state index in [4.69, 9.17) is 18.9 Å². The number of quaternary nitrogens is 1. The highest BCUT2D eigenvalue weighted by Crippen LogP contribution is 2.13. The number of nitrogens with zero attached hydrogens (tertiary/aromatic N) is 1. The molecule has 0 aliphatic carbocycles. The predicted molar refractivity (Wildman–Crippen MR) is 308 cm³/mol. The molecule has 9 nitrogen and oxygen atoms in total. The van der Waals surface area contributed by atoms with Crippen molar-refractivity contribution < 1.29 is 42.9 Å². The van der Waals surface area contributed by atoms with Crippen LogP contribution in [0.3, 0.4) is 0 Å². The first-order chi connectivity index (χ1) is 35.6. The van der Waals surface area contributed by atoms with Crippen LogP contribution in [-0.4, -0.2) is 87.4 Å². The average molecular weight is 1020 g/mol. The molecule has 0 saturated carbocycles. The van der Waals surface area contributed by atoms with Gasteiger partial charge < -0.3 is 28.5 Å². The number of allylic oxidation sites excluding steroid dienone is 20. The number of carbonyl (C=O) groups is 3. The van der Waals surface area contributed by atoms with Crippen LogP contribution in [0.2, 0.25) is 0 Å². The Morgan fingerprint density at radius 1 is 0.425 bits per heavy atom. The average Bonchev–Trinajstić information content (AvgIpc) is 3.36. The molecule has 0 bridgehead atoms. The monoisotopic (exact) mass is 1020 g/mol. The van der Waals surface area contributed by atoms with Crippen molar-refractivity contribution in [3.05, 3.63) is 122 Å². The second kappa shape index (κ2) is 54.0. The van der Waals surface area contributed by atoms with Crippen molar-refractivity contribution in [2.45, 2.75) is 219 Å². The fourth-order valence-electron chi connectivity index (χ4n) is 7.29. The molecule has 0 aromatic carbocycles. The van der Waals surface area contributed by atoms with E-state index in [0.29, 0.717) is 17.4 Å². The maximum Gasteiger partial charge on any atom is 0.361 e. The van der Waals surface area contributed by atoms with Crippen LogP contribution in [0.25, 0.3) is 0 Å². The number of likely N-dealkylation sites (N-methyl/N-ethyl adjacent to an activating group) is 1. The fraction of sp³-hybridized carbons (Fsp3) is 0.641. The van der Waals surface area contributed by atoms with E-state index >= 15 is 0 Å². The third-order valence-electron chi connectivity index (χ3n) is 11.7. The summed E-state index contributed by atoms with van der Waals surface area (Å²) in [6, 6.07) is 0. The lowest BCUT2D eigenvalue weighted by Crippen LogP contribution is -2.40. The second-order valence-corrected chi connectivity index (χ2v) is 19.9. The van der Waals surface area contributed by atoms with Crippen molar-refractivity contribution in [2.24, 2.45) is 0 Å². The Morgan fingerprint density at radius 3 is 1.19 bits per heavy atom. The van der Waals surface area contributed by atoms with Crippen LogP contribution in [0.1, 0.15) is 206 Å². The first-order valence-corrected chi connectivity index (χ1v) is 28.7. The molecular weight excluding hydrogens is 911 g/mol. The minimum Gasteiger partial charge on any atom is -0.477 e. The number of rotatable bonds is 51. The zero-order valence-corrected chi connectivity index (χ0v) is 47.0. The summed E-state index contributed by atoms with van der Waals surface area (Å²) in [4.78, 5) is 37.4. The van der Waals surface area contributed by atoms with E-state index in [9.17, 15) is 19.5 Å². The van der Waals surface area contributed by atoms with Gasteiger partial charge in [0.1, 0.15) is 13.2 Å². The first kappa shape index (κ1) is 68.7. The van der Waals surface area contributed by atoms with Gasteiger partial charge in [0.25, 0.3) is 6.29 Å². The highest BCUT2D eigenvalue weighted by molar-refractivity contribution is 5.71. The number of carboxylic acid groups (broad SMARTS) is 1. The van der Waals surface area contributed by atoms with Crippen molar-refractivity contribution in [3.8, 4) is 0 Å². The van der Waals surface area contributed by atoms with Gasteiger partial charge in [0.05, 0.1) is 34.4 Å². The summed E-state index contributed by atoms with van der Waals surface area (Å²) in [5.74, 6) is -2.07. The molecule has 0 rings (SSSR count). The standard InChI is InChI=1S/C64H105NO8/c1-6-8-10-12-14-16-18-20-22-24-25-26-27-28-29-30-31-32-33-34-35-36-37-39-41-43-45-47-49-51-53-55-62(67)73-60(59-72-64(63(68)69)70-57-56-65(3,4)5)58-71-61(66)54-52-50-48-46-44-42-40-38-23-21-19-17-15-13-11-9-7-2/h8,10,14,16,20-23,25-26,28-29,31-32,34-35,37,39,43,45,60,64H,6-7,9,11-13,15,17-19,24,27,30,33,36,38,40-42,44,46-59H2,1-5H3/p+1/b10-8-,16-14-,22-20-,23-21-,26-25-,29-28-,32-31-,35-34-,39-37-,45-43-. The number of ether oxygens (including phenoxy) is 4. The van der Waals surface area contributed by atoms with Gasteiger partial charge in [0.2, 0.25) is 0 Å². The molecule has 0 aliphatic rings. The molecule has 0 saturated heterocycles. The third kappa shape index (κ3) is 55.3. The molecule has 0 aromatic heterocycles. The molecular formula is C64H106NO8+. The van der Waals surface area contributed by atoms with Gasteiger partial charge in [0, 0.05) is 12.8 Å². The van der Waals surface area contributed by atoms with Crippen molar-refractivity contribution in [2.75, 3.05) is 47.5 Å². The second-order valence-electron chi connectivity index (χ2n) is 19.9. The summed E-state index contributed by atoms with van der Waals surface area (Å²) in [6.45, 7) is 4.70. The van der Waals surface area contributed by atoms with E-state index in [2.05, 4.69) is 135 Å². The lowest BCUT2D eigenvalue weighted by atomic mass is 10.1. The van der Waals surface area contributed by atoms with Crippen LogP contribution in [-0.2, 0) is 33.3 Å². The zero-order valence-electron chi connectivity index (χ0n) is 47.0. The Labute approximate surface area is 447 Å². The molecule has 2 unspecified atom stereocenters. The smallest absolute Gasteiger partial charge is 0.361 e. The van der Waals surface area contributed by atoms with Crippen molar-refractivity contribution in [1.82, 2.24) is 0 Å². The summed E-state index contributed by atoms with van der Waals surface area (Å²) >= 11 is 0. The molecule has 0 spiro atoms. The Hall–Kier alpha value is -4.31. The van der Waals surface area contributed by atoms with Crippen molar-refractivity contribution in [1.29, 1.82) is 0 Å². The fourth-order valence-corrected chi connectivity index (χ4v) is 7.29. The van der Waals surface area contributed by atoms with Crippen LogP contribution < -0.4 is 0 Å². The van der Waals surface area contributed by atoms with Crippen LogP contribution in [0.5, 0.6) is 0 Å². The Kier molecular flexibility index (Phi) is 50.8. The van der Waals surface area contributed by atoms with Crippen LogP contribution in [0.15, 0.2) is 122 Å². The number of carbonyl (C=O) groups excluding carboxylic acids is 2. The number of hydrogen-bond acceptors (Lipinski definition) is 7. The third-order valence-corrected chi connectivity index (χ3v) is 11.7. The minimum atomic E-state index is -1.53. The van der Waals surface area contributed by atoms with Crippen LogP contribution >= 0.6 is 0 Å². The van der Waals surface area contributed by atoms with E-state index < -0.39 is 24.3 Å². The molecule has 9 heteroatoms. The van der Waals surface area contributed by atoms with Gasteiger partial charge in [0.15, 0.2) is 6.10 Å². The maximum atomic E-state index is 12.9. The van der Waals surface area contributed by atoms with Crippen LogP contribution in [0.4, 0.5) is 0 Å². The summed E-state index contributed by atoms with van der Waals surface area (Å²) < 4.78 is 22.8. The summed E-state index contributed by atoms with van der Waals surface area (Å²) in [7, 11) is 5.94. The van der Waals surface area contributed by atoms with Gasteiger partial charge in [-0.05, 0) is 109 Å². The highest BCUT2D eigenvalue weighted by Gasteiger charge is 2.25. The molecule has 0 aliphatic heterocycles. The first-order valence-electron chi connectivity index (χ1n) is 28.7. The number of carboxylic acids is 1. The van der Waals surface area contributed by atoms with Gasteiger partial charge >= 0.3 is 17.9 Å². The quantitative estimate of drug-likeness (QED) is 0.0211. The molecule has 73 heavy (non-hydrogen) atoms. The van der Waals surface area contributed by atoms with E-state index in [1.54, 1.807) is 0 Å². The van der Waals surface area contributed by atoms with Gasteiger partial charge in [-0.2, -0.15) is 0 Å². The maximum absolute atomic E-state index is 12.9. The van der Waals surface area contributed by atoms with E-state index in [0.717, 1.165) is 109 Å². The van der Waals surface area contributed by atoms with E-state index in [-0.39, 0.29) is 38.6 Å². The number of hydrogen-bond donors (Lipinski definition) is 1. The van der Waals surface area contributed by atoms with Gasteiger partial charge in [-0.15, -0.1) is 0 Å². The Morgan fingerprint density at radius 2 is 0.781 bits per heavy atom. The largest absolute Gasteiger partial charge is 0.477 e. The van der Waals surface area contributed by atoms with Crippen molar-refractivity contribution >= 4 is 17.9 Å². The van der Waals surface area contributed by atoms with Gasteiger partial charge in [-0.25, -0.2) is 4.79 Å². The highest BCUT2D eigenvalue weighted by atomic mass is 16.7. The number of aliphatic carboxylic acids is 1. The summed E-state index contributed by atoms with van der Waals surface area (Å²) in [5, 5.41) is 9.69. The molecule has 1 N–H and O–H groups in total. The number of esters is 2. The molecule has 0 amide bonds. The topological polar surface area (TPSA) is 108 Å². The molecule has 0 heterocycles. The normalized spacial score (nSPS) is 13.7. The SMILES string of the molecule is CC/C=C\C/C=C\C/C=C\C/C=C\C/C=C\C/C=C\C/C=C\C/C=C\C/C=C\CCCCCC(=O)OC(COC(=O)CCCCCCCCC/C=C\CCCCCCCC)COC(OCC[N+](C)(C)C)C(=O)O. The van der Waals surface area contributed by atoms with Gasteiger partial charge in [-0.3, -0.25) is 9.59 Å². The van der Waals surface area contributed by atoms with E-state index in [1.807, 2.05) is 21.1 Å². The molecule has 0 aromatic rings. The lowest BCUT2D eigenvalue weighted by Gasteiger charge is -2.25. The van der Waals surface area contributed by atoms with Crippen LogP contribution in [0, 0.1) is 0 Å². The molecule has 2 atom stereocenters. The zero-order chi connectivity index (χ0) is 53.4. The van der Waals surface area contributed by atoms with E-state index in [1.165, 1.54) is 64.2 Å². The summed E-state index contributed by atoms with van der Waals surface area (Å²) in [6.07, 6.45) is 72.7. The lowest BCUT2D eigenvalue weighted by molar-refractivity contribution is -0.870. The Bertz CT molecular complexity index is 1610. The number of unbranched alkanes of at least 4 members (excludes halogenated alkanes) is 16. The predicted octanol–water partition coefficient (Wildman–Crippen LogP) is 16.9. The molecule has 0 fully saturated rings.